The lowest BCUT2D eigenvalue weighted by molar-refractivity contribution is -0.139. The molecule has 0 radical (unpaired) electrons. The molecule has 132 valence electrons. The van der Waals surface area contributed by atoms with E-state index in [9.17, 15) is 14.7 Å². The number of aliphatic carboxylic acids is 1. The van der Waals surface area contributed by atoms with Gasteiger partial charge in [0.15, 0.2) is 0 Å². The number of carbonyl (C=O) groups is 2. The Morgan fingerprint density at radius 3 is 2.67 bits per heavy atom. The van der Waals surface area contributed by atoms with E-state index in [1.165, 1.54) is 0 Å². The third-order valence-corrected chi connectivity index (χ3v) is 4.53. The van der Waals surface area contributed by atoms with Crippen LogP contribution in [0.2, 0.25) is 0 Å². The third kappa shape index (κ3) is 5.96. The first-order valence-electron chi connectivity index (χ1n) is 8.55. The maximum absolute atomic E-state index is 12.3. The Hall–Kier alpha value is -1.88. The SMILES string of the molecule is CC1(C)C[C@@H]([C@@H](CC(=O)O)NC(=O)CCc2ccccc2)CCO1. The Balaban J connectivity index is 1.92. The summed E-state index contributed by atoms with van der Waals surface area (Å²) < 4.78 is 5.70. The highest BCUT2D eigenvalue weighted by Gasteiger charge is 2.35. The van der Waals surface area contributed by atoms with Gasteiger partial charge >= 0.3 is 5.97 Å². The van der Waals surface area contributed by atoms with Crippen LogP contribution in [0, 0.1) is 5.92 Å². The molecular weight excluding hydrogens is 306 g/mol. The van der Waals surface area contributed by atoms with Gasteiger partial charge in [0, 0.05) is 19.1 Å². The molecule has 0 saturated carbocycles. The molecule has 5 nitrogen and oxygen atoms in total. The smallest absolute Gasteiger partial charge is 0.305 e. The summed E-state index contributed by atoms with van der Waals surface area (Å²) in [5.41, 5.74) is 0.837. The van der Waals surface area contributed by atoms with E-state index in [-0.39, 0.29) is 29.9 Å². The van der Waals surface area contributed by atoms with Crippen LogP contribution < -0.4 is 5.32 Å². The summed E-state index contributed by atoms with van der Waals surface area (Å²) in [6.45, 7) is 4.62. The first-order valence-corrected chi connectivity index (χ1v) is 8.55. The number of benzene rings is 1. The number of ether oxygens (including phenoxy) is 1. The van der Waals surface area contributed by atoms with Gasteiger partial charge in [-0.05, 0) is 44.6 Å². The second kappa shape index (κ2) is 8.29. The Morgan fingerprint density at radius 2 is 2.04 bits per heavy atom. The summed E-state index contributed by atoms with van der Waals surface area (Å²) >= 11 is 0. The summed E-state index contributed by atoms with van der Waals surface area (Å²) in [6.07, 6.45) is 2.51. The van der Waals surface area contributed by atoms with Crippen molar-refractivity contribution in [3.8, 4) is 0 Å². The standard InChI is InChI=1S/C19H27NO4/c1-19(2)13-15(10-11-24-19)16(12-18(22)23)20-17(21)9-8-14-6-4-3-5-7-14/h3-7,15-16H,8-13H2,1-2H3,(H,20,21)(H,22,23)/t15-,16+/m0/s1. The topological polar surface area (TPSA) is 75.6 Å². The molecule has 24 heavy (non-hydrogen) atoms. The normalized spacial score (nSPS) is 21.0. The van der Waals surface area contributed by atoms with Crippen molar-refractivity contribution < 1.29 is 19.4 Å². The molecule has 2 rings (SSSR count). The fraction of sp³-hybridized carbons (Fsp3) is 0.579. The Morgan fingerprint density at radius 1 is 1.33 bits per heavy atom. The average Bonchev–Trinajstić information content (AvgIpc) is 2.52. The van der Waals surface area contributed by atoms with Gasteiger partial charge in [-0.25, -0.2) is 0 Å². The lowest BCUT2D eigenvalue weighted by Crippen LogP contribution is -2.47. The number of hydrogen-bond acceptors (Lipinski definition) is 3. The molecule has 1 saturated heterocycles. The molecule has 2 N–H and O–H groups in total. The van der Waals surface area contributed by atoms with Crippen LogP contribution >= 0.6 is 0 Å². The van der Waals surface area contributed by atoms with Crippen LogP contribution in [-0.4, -0.2) is 35.2 Å². The van der Waals surface area contributed by atoms with E-state index in [0.717, 1.165) is 18.4 Å². The van der Waals surface area contributed by atoms with Gasteiger partial charge < -0.3 is 15.2 Å². The minimum atomic E-state index is -0.882. The van der Waals surface area contributed by atoms with Crippen LogP contribution in [0.3, 0.4) is 0 Å². The molecule has 1 aliphatic heterocycles. The molecule has 0 bridgehead atoms. The van der Waals surface area contributed by atoms with Gasteiger partial charge in [0.2, 0.25) is 5.91 Å². The molecule has 1 aliphatic rings. The molecule has 0 aromatic heterocycles. The molecule has 1 heterocycles. The number of carbonyl (C=O) groups excluding carboxylic acids is 1. The molecule has 1 aromatic carbocycles. The lowest BCUT2D eigenvalue weighted by Gasteiger charge is -2.39. The number of hydrogen-bond donors (Lipinski definition) is 2. The van der Waals surface area contributed by atoms with E-state index in [2.05, 4.69) is 5.32 Å². The molecule has 2 atom stereocenters. The van der Waals surface area contributed by atoms with E-state index in [4.69, 9.17) is 4.74 Å². The Labute approximate surface area is 143 Å². The van der Waals surface area contributed by atoms with Gasteiger partial charge in [-0.3, -0.25) is 9.59 Å². The van der Waals surface area contributed by atoms with Crippen molar-refractivity contribution in [2.24, 2.45) is 5.92 Å². The van der Waals surface area contributed by atoms with Gasteiger partial charge in [-0.15, -0.1) is 0 Å². The minimum absolute atomic E-state index is 0.0438. The van der Waals surface area contributed by atoms with Gasteiger partial charge in [-0.1, -0.05) is 30.3 Å². The fourth-order valence-electron chi connectivity index (χ4n) is 3.33. The van der Waals surface area contributed by atoms with Crippen molar-refractivity contribution in [2.75, 3.05) is 6.61 Å². The Kier molecular flexibility index (Phi) is 6.37. The van der Waals surface area contributed by atoms with Crippen LogP contribution in [0.1, 0.15) is 45.1 Å². The number of amides is 1. The quantitative estimate of drug-likeness (QED) is 0.804. The number of rotatable bonds is 7. The molecule has 0 aliphatic carbocycles. The lowest BCUT2D eigenvalue weighted by atomic mass is 9.82. The van der Waals surface area contributed by atoms with Gasteiger partial charge in [0.05, 0.1) is 12.0 Å². The first kappa shape index (κ1) is 18.5. The zero-order valence-corrected chi connectivity index (χ0v) is 14.5. The van der Waals surface area contributed by atoms with Gasteiger partial charge in [0.1, 0.15) is 0 Å². The number of nitrogens with one attached hydrogen (secondary N) is 1. The molecule has 0 unspecified atom stereocenters. The second-order valence-corrected chi connectivity index (χ2v) is 7.12. The van der Waals surface area contributed by atoms with Crippen LogP contribution in [0.5, 0.6) is 0 Å². The third-order valence-electron chi connectivity index (χ3n) is 4.53. The molecule has 1 aromatic rings. The molecule has 1 fully saturated rings. The fourth-order valence-corrected chi connectivity index (χ4v) is 3.33. The summed E-state index contributed by atoms with van der Waals surface area (Å²) in [6, 6.07) is 9.48. The summed E-state index contributed by atoms with van der Waals surface area (Å²) in [7, 11) is 0. The Bertz CT molecular complexity index is 556. The largest absolute Gasteiger partial charge is 0.481 e. The maximum atomic E-state index is 12.3. The molecular formula is C19H27NO4. The van der Waals surface area contributed by atoms with E-state index >= 15 is 0 Å². The number of aryl methyl sites for hydroxylation is 1. The van der Waals surface area contributed by atoms with Crippen LogP contribution in [-0.2, 0) is 20.7 Å². The highest BCUT2D eigenvalue weighted by Crippen LogP contribution is 2.31. The van der Waals surface area contributed by atoms with E-state index in [1.807, 2.05) is 44.2 Å². The highest BCUT2D eigenvalue weighted by molar-refractivity contribution is 5.77. The maximum Gasteiger partial charge on any atom is 0.305 e. The first-order chi connectivity index (χ1) is 11.4. The monoisotopic (exact) mass is 333 g/mol. The minimum Gasteiger partial charge on any atom is -0.481 e. The van der Waals surface area contributed by atoms with E-state index < -0.39 is 5.97 Å². The van der Waals surface area contributed by atoms with E-state index in [0.29, 0.717) is 19.4 Å². The van der Waals surface area contributed by atoms with Crippen LogP contribution in [0.15, 0.2) is 30.3 Å². The van der Waals surface area contributed by atoms with Crippen molar-refractivity contribution in [3.63, 3.8) is 0 Å². The van der Waals surface area contributed by atoms with E-state index in [1.54, 1.807) is 0 Å². The highest BCUT2D eigenvalue weighted by atomic mass is 16.5. The van der Waals surface area contributed by atoms with Crippen molar-refractivity contribution >= 4 is 11.9 Å². The zero-order chi connectivity index (χ0) is 17.6. The van der Waals surface area contributed by atoms with Crippen molar-refractivity contribution in [1.82, 2.24) is 5.32 Å². The second-order valence-electron chi connectivity index (χ2n) is 7.12. The van der Waals surface area contributed by atoms with Crippen LogP contribution in [0.25, 0.3) is 0 Å². The number of carboxylic acids is 1. The van der Waals surface area contributed by atoms with Gasteiger partial charge in [-0.2, -0.15) is 0 Å². The summed E-state index contributed by atoms with van der Waals surface area (Å²) in [5, 5.41) is 12.1. The van der Waals surface area contributed by atoms with Crippen molar-refractivity contribution in [2.45, 2.75) is 57.6 Å². The number of carboxylic acid groups (broad SMARTS) is 1. The molecule has 1 amide bonds. The molecule has 0 spiro atoms. The van der Waals surface area contributed by atoms with Crippen molar-refractivity contribution in [3.05, 3.63) is 35.9 Å². The van der Waals surface area contributed by atoms with Gasteiger partial charge in [0.25, 0.3) is 0 Å². The predicted molar refractivity (Wildman–Crippen MR) is 91.7 cm³/mol. The summed E-state index contributed by atoms with van der Waals surface area (Å²) in [4.78, 5) is 23.5. The van der Waals surface area contributed by atoms with Crippen molar-refractivity contribution in [1.29, 1.82) is 0 Å². The van der Waals surface area contributed by atoms with Crippen LogP contribution in [0.4, 0.5) is 0 Å². The molecule has 5 heteroatoms. The summed E-state index contributed by atoms with van der Waals surface area (Å²) in [5.74, 6) is -0.840. The average molecular weight is 333 g/mol. The zero-order valence-electron chi connectivity index (χ0n) is 14.5. The predicted octanol–water partition coefficient (Wildman–Crippen LogP) is 2.78.